The molecule has 1 aliphatic heterocycles. The zero-order valence-corrected chi connectivity index (χ0v) is 19.8. The Labute approximate surface area is 192 Å². The summed E-state index contributed by atoms with van der Waals surface area (Å²) in [7, 11) is 1.55. The Morgan fingerprint density at radius 3 is 2.71 bits per heavy atom. The molecule has 1 atom stereocenters. The Morgan fingerprint density at radius 1 is 1.32 bits per heavy atom. The fraction of sp³-hybridized carbons (Fsp3) is 0.478. The van der Waals surface area contributed by atoms with E-state index in [-0.39, 0.29) is 23.8 Å². The topological polar surface area (TPSA) is 70.7 Å². The number of nitrogens with one attached hydrogen (secondary N) is 2. The van der Waals surface area contributed by atoms with E-state index in [4.69, 9.17) is 16.3 Å². The first-order valence-corrected chi connectivity index (χ1v) is 11.8. The Hall–Kier alpha value is -2.09. The number of hydrogen-bond acceptors (Lipinski definition) is 5. The van der Waals surface area contributed by atoms with Gasteiger partial charge in [0.15, 0.2) is 0 Å². The van der Waals surface area contributed by atoms with Crippen LogP contribution in [0.25, 0.3) is 0 Å². The van der Waals surface area contributed by atoms with Crippen molar-refractivity contribution in [3.05, 3.63) is 45.1 Å². The van der Waals surface area contributed by atoms with Crippen molar-refractivity contribution < 1.29 is 14.3 Å². The maximum atomic E-state index is 12.8. The van der Waals surface area contributed by atoms with Crippen molar-refractivity contribution in [2.24, 2.45) is 5.92 Å². The molecule has 0 bridgehead atoms. The molecule has 0 saturated carbocycles. The number of likely N-dealkylation sites (tertiary alicyclic amines) is 1. The number of carbonyl (C=O) groups is 2. The predicted molar refractivity (Wildman–Crippen MR) is 126 cm³/mol. The average Bonchev–Trinajstić information content (AvgIpc) is 3.29. The normalized spacial score (nSPS) is 16.0. The van der Waals surface area contributed by atoms with Crippen LogP contribution in [0.1, 0.15) is 30.2 Å². The summed E-state index contributed by atoms with van der Waals surface area (Å²) in [6.07, 6.45) is 2.38. The lowest BCUT2D eigenvalue weighted by Crippen LogP contribution is -2.48. The molecule has 0 radical (unpaired) electrons. The van der Waals surface area contributed by atoms with Gasteiger partial charge in [0.2, 0.25) is 11.8 Å². The summed E-state index contributed by atoms with van der Waals surface area (Å²) in [6.45, 7) is 5.88. The third-order valence-corrected chi connectivity index (χ3v) is 7.16. The van der Waals surface area contributed by atoms with Gasteiger partial charge >= 0.3 is 0 Å². The van der Waals surface area contributed by atoms with E-state index in [1.807, 2.05) is 31.4 Å². The summed E-state index contributed by atoms with van der Waals surface area (Å²) in [5.41, 5.74) is 1.48. The predicted octanol–water partition coefficient (Wildman–Crippen LogP) is 4.12. The number of ether oxygens (including phenoxy) is 1. The fourth-order valence-corrected chi connectivity index (χ4v) is 4.65. The lowest BCUT2D eigenvalue weighted by atomic mass is 9.95. The number of aryl methyl sites for hydroxylation is 1. The molecule has 2 amide bonds. The first-order chi connectivity index (χ1) is 14.9. The molecule has 0 aliphatic carbocycles. The monoisotopic (exact) mass is 463 g/mol. The average molecular weight is 464 g/mol. The zero-order valence-electron chi connectivity index (χ0n) is 18.2. The molecule has 6 nitrogen and oxygen atoms in total. The number of carbonyl (C=O) groups excluding carboxylic acids is 2. The van der Waals surface area contributed by atoms with E-state index >= 15 is 0 Å². The van der Waals surface area contributed by atoms with Crippen LogP contribution >= 0.6 is 22.9 Å². The van der Waals surface area contributed by atoms with E-state index in [0.717, 1.165) is 24.8 Å². The highest BCUT2D eigenvalue weighted by Gasteiger charge is 2.30. The molecule has 168 valence electrons. The third kappa shape index (κ3) is 6.21. The number of rotatable bonds is 8. The molecule has 8 heteroatoms. The number of methoxy groups -OCH3 is 1. The number of piperidine rings is 1. The van der Waals surface area contributed by atoms with Gasteiger partial charge in [-0.1, -0.05) is 17.7 Å². The van der Waals surface area contributed by atoms with Crippen LogP contribution < -0.4 is 15.4 Å². The molecule has 2 N–H and O–H groups in total. The van der Waals surface area contributed by atoms with Crippen LogP contribution in [-0.4, -0.2) is 49.5 Å². The summed E-state index contributed by atoms with van der Waals surface area (Å²) >= 11 is 7.86. The summed E-state index contributed by atoms with van der Waals surface area (Å²) in [4.78, 5) is 28.7. The van der Waals surface area contributed by atoms with Crippen LogP contribution in [0.15, 0.2) is 29.6 Å². The van der Waals surface area contributed by atoms with Gasteiger partial charge in [0.1, 0.15) is 5.75 Å². The van der Waals surface area contributed by atoms with Crippen molar-refractivity contribution >= 4 is 40.4 Å². The Balaban J connectivity index is 1.47. The molecule has 2 heterocycles. The summed E-state index contributed by atoms with van der Waals surface area (Å²) < 4.78 is 5.35. The van der Waals surface area contributed by atoms with Crippen molar-refractivity contribution in [1.29, 1.82) is 0 Å². The van der Waals surface area contributed by atoms with Crippen LogP contribution in [0.2, 0.25) is 5.02 Å². The third-order valence-electron chi connectivity index (χ3n) is 5.82. The van der Waals surface area contributed by atoms with Gasteiger partial charge in [0.25, 0.3) is 0 Å². The van der Waals surface area contributed by atoms with E-state index in [2.05, 4.69) is 21.6 Å². The van der Waals surface area contributed by atoms with E-state index in [9.17, 15) is 9.59 Å². The molecular formula is C23H30ClN3O3S. The van der Waals surface area contributed by atoms with Gasteiger partial charge in [-0.3, -0.25) is 14.5 Å². The van der Waals surface area contributed by atoms with Crippen LogP contribution in [0.5, 0.6) is 5.75 Å². The minimum Gasteiger partial charge on any atom is -0.495 e. The van der Waals surface area contributed by atoms with E-state index < -0.39 is 0 Å². The van der Waals surface area contributed by atoms with Crippen molar-refractivity contribution in [1.82, 2.24) is 10.2 Å². The highest BCUT2D eigenvalue weighted by atomic mass is 35.5. The Bertz CT molecular complexity index is 896. The summed E-state index contributed by atoms with van der Waals surface area (Å²) in [5.74, 6) is 0.566. The number of benzene rings is 1. The second-order valence-corrected chi connectivity index (χ2v) is 9.34. The highest BCUT2D eigenvalue weighted by molar-refractivity contribution is 7.09. The summed E-state index contributed by atoms with van der Waals surface area (Å²) in [5, 5.41) is 8.66. The van der Waals surface area contributed by atoms with Crippen LogP contribution in [0.3, 0.4) is 0 Å². The number of anilines is 1. The molecule has 1 aromatic carbocycles. The molecule has 3 rings (SSSR count). The fourth-order valence-electron chi connectivity index (χ4n) is 3.79. The van der Waals surface area contributed by atoms with Gasteiger partial charge < -0.3 is 15.4 Å². The molecule has 1 fully saturated rings. The number of amides is 2. The van der Waals surface area contributed by atoms with Gasteiger partial charge in [0.05, 0.1) is 18.8 Å². The van der Waals surface area contributed by atoms with Crippen molar-refractivity contribution in [2.75, 3.05) is 32.1 Å². The smallest absolute Gasteiger partial charge is 0.241 e. The quantitative estimate of drug-likeness (QED) is 0.617. The van der Waals surface area contributed by atoms with E-state index in [1.54, 1.807) is 24.5 Å². The lowest BCUT2D eigenvalue weighted by molar-refractivity contribution is -0.127. The van der Waals surface area contributed by atoms with Gasteiger partial charge in [-0.2, -0.15) is 0 Å². The standard InChI is InChI=1S/C23H30ClN3O3S/c1-15-13-20(21(30-3)14-19(15)24)26-22(28)16(2)27-10-7-17(8-11-27)23(29)25-9-6-18-5-4-12-31-18/h4-5,12-14,16-17H,6-11H2,1-3H3,(H,25,29)(H,26,28). The number of thiophene rings is 1. The SMILES string of the molecule is COc1cc(Cl)c(C)cc1NC(=O)C(C)N1CCC(C(=O)NCCc2cccs2)CC1. The molecule has 0 spiro atoms. The second-order valence-electron chi connectivity index (χ2n) is 7.90. The minimum absolute atomic E-state index is 0.00820. The molecule has 1 unspecified atom stereocenters. The zero-order chi connectivity index (χ0) is 22.4. The second kappa shape index (κ2) is 11.0. The van der Waals surface area contributed by atoms with Crippen LogP contribution in [0, 0.1) is 12.8 Å². The van der Waals surface area contributed by atoms with E-state index in [1.165, 1.54) is 4.88 Å². The minimum atomic E-state index is -0.302. The number of hydrogen-bond donors (Lipinski definition) is 2. The maximum absolute atomic E-state index is 12.8. The van der Waals surface area contributed by atoms with E-state index in [0.29, 0.717) is 36.1 Å². The first kappa shape index (κ1) is 23.6. The largest absolute Gasteiger partial charge is 0.495 e. The van der Waals surface area contributed by atoms with Crippen LogP contribution in [-0.2, 0) is 16.0 Å². The Morgan fingerprint density at radius 2 is 2.06 bits per heavy atom. The van der Waals surface area contributed by atoms with Gasteiger partial charge in [-0.15, -0.1) is 11.3 Å². The number of nitrogens with zero attached hydrogens (tertiary/aromatic N) is 1. The first-order valence-electron chi connectivity index (χ1n) is 10.6. The molecular weight excluding hydrogens is 434 g/mol. The van der Waals surface area contributed by atoms with Crippen molar-refractivity contribution in [2.45, 2.75) is 39.2 Å². The Kier molecular flexibility index (Phi) is 8.35. The summed E-state index contributed by atoms with van der Waals surface area (Å²) in [6, 6.07) is 7.34. The van der Waals surface area contributed by atoms with Crippen molar-refractivity contribution in [3.8, 4) is 5.75 Å². The lowest BCUT2D eigenvalue weighted by Gasteiger charge is -2.34. The highest BCUT2D eigenvalue weighted by Crippen LogP contribution is 2.31. The van der Waals surface area contributed by atoms with Gasteiger partial charge in [-0.05, 0) is 69.3 Å². The van der Waals surface area contributed by atoms with Gasteiger partial charge in [-0.25, -0.2) is 0 Å². The molecule has 1 saturated heterocycles. The number of halogens is 1. The molecule has 2 aromatic rings. The van der Waals surface area contributed by atoms with Gasteiger partial charge in [0, 0.05) is 28.4 Å². The van der Waals surface area contributed by atoms with Crippen molar-refractivity contribution in [3.63, 3.8) is 0 Å². The molecule has 1 aromatic heterocycles. The maximum Gasteiger partial charge on any atom is 0.241 e. The molecule has 1 aliphatic rings. The molecule has 31 heavy (non-hydrogen) atoms. The van der Waals surface area contributed by atoms with Crippen LogP contribution in [0.4, 0.5) is 5.69 Å².